The van der Waals surface area contributed by atoms with Crippen molar-refractivity contribution in [1.29, 1.82) is 0 Å². The van der Waals surface area contributed by atoms with Gasteiger partial charge < -0.3 is 5.32 Å². The monoisotopic (exact) mass is 365 g/mol. The average Bonchev–Trinajstić information content (AvgIpc) is 2.39. The number of halogens is 2. The maximum Gasteiger partial charge on any atom is 0.243 e. The fourth-order valence-electron chi connectivity index (χ4n) is 2.04. The molecule has 1 aliphatic heterocycles. The minimum Gasteiger partial charge on any atom is -0.314 e. The first-order valence-electron chi connectivity index (χ1n) is 6.37. The lowest BCUT2D eigenvalue weighted by atomic mass is 10.3. The molecule has 0 spiro atoms. The van der Waals surface area contributed by atoms with Gasteiger partial charge in [0.25, 0.3) is 0 Å². The molecule has 112 valence electrons. The van der Waals surface area contributed by atoms with E-state index in [-0.39, 0.29) is 11.4 Å². The van der Waals surface area contributed by atoms with Crippen LogP contribution in [-0.2, 0) is 10.0 Å². The van der Waals surface area contributed by atoms with Crippen molar-refractivity contribution in [3.63, 3.8) is 0 Å². The molecule has 2 rings (SSSR count). The van der Waals surface area contributed by atoms with Crippen LogP contribution in [-0.4, -0.2) is 52.6 Å². The second-order valence-corrected chi connectivity index (χ2v) is 7.22. The fourth-order valence-corrected chi connectivity index (χ4v) is 3.46. The molecule has 5 nitrogen and oxygen atoms in total. The fraction of sp³-hybridized carbons (Fsp3) is 0.500. The molecular weight excluding hydrogens is 349 g/mol. The molecule has 0 amide bonds. The molecule has 20 heavy (non-hydrogen) atoms. The lowest BCUT2D eigenvalue weighted by molar-refractivity contribution is 0.245. The first-order valence-corrected chi connectivity index (χ1v) is 8.64. The van der Waals surface area contributed by atoms with E-state index in [1.165, 1.54) is 12.1 Å². The third-order valence-corrected chi connectivity index (χ3v) is 5.10. The molecule has 1 saturated heterocycles. The van der Waals surface area contributed by atoms with Gasteiger partial charge in [-0.1, -0.05) is 15.9 Å². The summed E-state index contributed by atoms with van der Waals surface area (Å²) in [6.45, 7) is 4.52. The van der Waals surface area contributed by atoms with E-state index in [0.717, 1.165) is 32.2 Å². The molecule has 0 aliphatic carbocycles. The van der Waals surface area contributed by atoms with Gasteiger partial charge in [0.05, 0.1) is 0 Å². The standard InChI is InChI=1S/C12H17BrFN3O2S/c13-10-1-2-12(11(14)9-10)20(18,19)16-5-8-17-6-3-15-4-7-17/h1-2,9,15-16H,3-8H2. The Morgan fingerprint density at radius 2 is 2.05 bits per heavy atom. The van der Waals surface area contributed by atoms with Gasteiger partial charge in [0.15, 0.2) is 0 Å². The highest BCUT2D eigenvalue weighted by molar-refractivity contribution is 9.10. The number of benzene rings is 1. The molecule has 8 heteroatoms. The number of hydrogen-bond donors (Lipinski definition) is 2. The summed E-state index contributed by atoms with van der Waals surface area (Å²) < 4.78 is 40.6. The molecule has 1 fully saturated rings. The third-order valence-electron chi connectivity index (χ3n) is 3.11. The molecule has 0 aromatic heterocycles. The Balaban J connectivity index is 1.93. The van der Waals surface area contributed by atoms with Gasteiger partial charge in [-0.15, -0.1) is 0 Å². The zero-order valence-corrected chi connectivity index (χ0v) is 13.3. The highest BCUT2D eigenvalue weighted by Gasteiger charge is 2.19. The molecule has 0 atom stereocenters. The second kappa shape index (κ2) is 6.95. The predicted molar refractivity (Wildman–Crippen MR) is 78.6 cm³/mol. The van der Waals surface area contributed by atoms with Gasteiger partial charge >= 0.3 is 0 Å². The number of nitrogens with one attached hydrogen (secondary N) is 2. The molecule has 0 saturated carbocycles. The zero-order valence-electron chi connectivity index (χ0n) is 10.9. The maximum atomic E-state index is 13.7. The quantitative estimate of drug-likeness (QED) is 0.808. The van der Waals surface area contributed by atoms with Gasteiger partial charge in [-0.2, -0.15) is 0 Å². The van der Waals surface area contributed by atoms with Gasteiger partial charge in [0.1, 0.15) is 10.7 Å². The topological polar surface area (TPSA) is 61.4 Å². The molecule has 0 bridgehead atoms. The van der Waals surface area contributed by atoms with Crippen molar-refractivity contribution in [3.05, 3.63) is 28.5 Å². The van der Waals surface area contributed by atoms with Crippen molar-refractivity contribution in [2.45, 2.75) is 4.90 Å². The first kappa shape index (κ1) is 15.8. The van der Waals surface area contributed by atoms with E-state index in [1.807, 2.05) is 0 Å². The van der Waals surface area contributed by atoms with Crippen LogP contribution in [0.3, 0.4) is 0 Å². The van der Waals surface area contributed by atoms with Crippen LogP contribution in [0.2, 0.25) is 0 Å². The van der Waals surface area contributed by atoms with Crippen molar-refractivity contribution in [2.75, 3.05) is 39.3 Å². The summed E-state index contributed by atoms with van der Waals surface area (Å²) in [6, 6.07) is 3.91. The highest BCUT2D eigenvalue weighted by atomic mass is 79.9. The van der Waals surface area contributed by atoms with Gasteiger partial charge in [-0.3, -0.25) is 4.90 Å². The number of rotatable bonds is 5. The van der Waals surface area contributed by atoms with E-state index in [2.05, 4.69) is 30.9 Å². The van der Waals surface area contributed by atoms with E-state index in [0.29, 0.717) is 11.0 Å². The van der Waals surface area contributed by atoms with E-state index in [4.69, 9.17) is 0 Å². The summed E-state index contributed by atoms with van der Waals surface area (Å²) in [5.74, 6) is -0.756. The Hall–Kier alpha value is -0.540. The van der Waals surface area contributed by atoms with E-state index in [9.17, 15) is 12.8 Å². The van der Waals surface area contributed by atoms with Crippen LogP contribution in [0.15, 0.2) is 27.6 Å². The minimum atomic E-state index is -3.80. The van der Waals surface area contributed by atoms with Gasteiger partial charge in [-0.05, 0) is 18.2 Å². The Bertz CT molecular complexity index is 562. The van der Waals surface area contributed by atoms with Gasteiger partial charge in [0.2, 0.25) is 10.0 Å². The van der Waals surface area contributed by atoms with Crippen LogP contribution in [0.5, 0.6) is 0 Å². The van der Waals surface area contributed by atoms with Crippen molar-refractivity contribution < 1.29 is 12.8 Å². The molecule has 0 radical (unpaired) electrons. The van der Waals surface area contributed by atoms with Crippen molar-refractivity contribution in [3.8, 4) is 0 Å². The third kappa shape index (κ3) is 4.23. The van der Waals surface area contributed by atoms with Crippen LogP contribution in [0.4, 0.5) is 4.39 Å². The molecular formula is C12H17BrFN3O2S. The summed E-state index contributed by atoms with van der Waals surface area (Å²) in [7, 11) is -3.80. The van der Waals surface area contributed by atoms with Gasteiger partial charge in [-0.25, -0.2) is 17.5 Å². The molecule has 0 unspecified atom stereocenters. The van der Waals surface area contributed by atoms with Crippen molar-refractivity contribution in [2.24, 2.45) is 0 Å². The van der Waals surface area contributed by atoms with Crippen molar-refractivity contribution in [1.82, 2.24) is 14.9 Å². The van der Waals surface area contributed by atoms with Crippen LogP contribution in [0.1, 0.15) is 0 Å². The zero-order chi connectivity index (χ0) is 14.6. The Morgan fingerprint density at radius 1 is 1.35 bits per heavy atom. The largest absolute Gasteiger partial charge is 0.314 e. The first-order chi connectivity index (χ1) is 9.49. The number of hydrogen-bond acceptors (Lipinski definition) is 4. The SMILES string of the molecule is O=S(=O)(NCCN1CCNCC1)c1ccc(Br)cc1F. The minimum absolute atomic E-state index is 0.276. The highest BCUT2D eigenvalue weighted by Crippen LogP contribution is 2.19. The molecule has 1 aromatic carbocycles. The summed E-state index contributed by atoms with van der Waals surface area (Å²) in [5, 5.41) is 3.23. The smallest absolute Gasteiger partial charge is 0.243 e. The molecule has 1 aliphatic rings. The molecule has 1 aromatic rings. The van der Waals surface area contributed by atoms with Crippen LogP contribution in [0.25, 0.3) is 0 Å². The lowest BCUT2D eigenvalue weighted by Crippen LogP contribution is -2.46. The Morgan fingerprint density at radius 3 is 2.70 bits per heavy atom. The van der Waals surface area contributed by atoms with Crippen LogP contribution >= 0.6 is 15.9 Å². The molecule has 2 N–H and O–H groups in total. The number of nitrogens with zero attached hydrogens (tertiary/aromatic N) is 1. The van der Waals surface area contributed by atoms with Gasteiger partial charge in [0, 0.05) is 43.7 Å². The number of piperazine rings is 1. The summed E-state index contributed by atoms with van der Waals surface area (Å²) >= 11 is 3.10. The summed E-state index contributed by atoms with van der Waals surface area (Å²) in [4.78, 5) is 1.85. The normalized spacial score (nSPS) is 17.3. The van der Waals surface area contributed by atoms with E-state index in [1.54, 1.807) is 0 Å². The summed E-state index contributed by atoms with van der Waals surface area (Å²) in [5.41, 5.74) is 0. The lowest BCUT2D eigenvalue weighted by Gasteiger charge is -2.27. The van der Waals surface area contributed by atoms with Crippen molar-refractivity contribution >= 4 is 26.0 Å². The van der Waals surface area contributed by atoms with E-state index < -0.39 is 15.8 Å². The maximum absolute atomic E-state index is 13.7. The van der Waals surface area contributed by atoms with Crippen LogP contribution in [0, 0.1) is 5.82 Å². The second-order valence-electron chi connectivity index (χ2n) is 4.56. The summed E-state index contributed by atoms with van der Waals surface area (Å²) in [6.07, 6.45) is 0. The number of sulfonamides is 1. The average molecular weight is 366 g/mol. The van der Waals surface area contributed by atoms with E-state index >= 15 is 0 Å². The van der Waals surface area contributed by atoms with Crippen LogP contribution < -0.4 is 10.0 Å². The predicted octanol–water partition coefficient (Wildman–Crippen LogP) is 0.772. The Kier molecular flexibility index (Phi) is 5.50. The molecule has 1 heterocycles. The Labute approximate surface area is 126 Å².